The highest BCUT2D eigenvalue weighted by molar-refractivity contribution is 5.91. The van der Waals surface area contributed by atoms with Crippen molar-refractivity contribution < 1.29 is 4.79 Å². The highest BCUT2D eigenvalue weighted by Crippen LogP contribution is 2.17. The Kier molecular flexibility index (Phi) is 2.70. The van der Waals surface area contributed by atoms with Crippen LogP contribution >= 0.6 is 0 Å². The van der Waals surface area contributed by atoms with Crippen molar-refractivity contribution in [2.45, 2.75) is 19.8 Å². The van der Waals surface area contributed by atoms with E-state index in [1.807, 2.05) is 4.90 Å². The van der Waals surface area contributed by atoms with E-state index in [9.17, 15) is 4.79 Å². The van der Waals surface area contributed by atoms with Gasteiger partial charge < -0.3 is 4.90 Å². The predicted octanol–water partition coefficient (Wildman–Crippen LogP) is 0.687. The number of hydrogen-bond acceptors (Lipinski definition) is 3. The molecule has 5 nitrogen and oxygen atoms in total. The molecule has 0 aromatic carbocycles. The lowest BCUT2D eigenvalue weighted by atomic mass is 9.99. The van der Waals surface area contributed by atoms with E-state index in [0.717, 1.165) is 31.8 Å². The second-order valence-electron chi connectivity index (χ2n) is 4.25. The number of nitrogens with zero attached hydrogens (tertiary/aromatic N) is 4. The molecule has 0 N–H and O–H groups in total. The van der Waals surface area contributed by atoms with Gasteiger partial charge in [-0.2, -0.15) is 0 Å². The van der Waals surface area contributed by atoms with Crippen LogP contribution in [0.5, 0.6) is 0 Å². The van der Waals surface area contributed by atoms with Gasteiger partial charge in [0.25, 0.3) is 5.91 Å². The maximum atomic E-state index is 11.9. The lowest BCUT2D eigenvalue weighted by Crippen LogP contribution is -2.38. The number of aromatic nitrogens is 3. The number of aryl methyl sites for hydroxylation is 1. The number of carbonyl (C=O) groups is 1. The molecule has 1 saturated heterocycles. The number of carbonyl (C=O) groups excluding carboxylic acids is 1. The van der Waals surface area contributed by atoms with Crippen LogP contribution in [0.15, 0.2) is 6.20 Å². The molecule has 1 aliphatic rings. The third-order valence-corrected chi connectivity index (χ3v) is 2.89. The van der Waals surface area contributed by atoms with E-state index in [1.165, 1.54) is 0 Å². The zero-order valence-electron chi connectivity index (χ0n) is 9.18. The summed E-state index contributed by atoms with van der Waals surface area (Å²) in [7, 11) is 1.77. The summed E-state index contributed by atoms with van der Waals surface area (Å²) in [6, 6.07) is 0. The molecule has 0 bridgehead atoms. The minimum absolute atomic E-state index is 0.00926. The zero-order chi connectivity index (χ0) is 10.8. The normalized spacial score (nSPS) is 18.1. The topological polar surface area (TPSA) is 51.0 Å². The lowest BCUT2D eigenvalue weighted by molar-refractivity contribution is 0.0691. The average Bonchev–Trinajstić information content (AvgIpc) is 2.65. The van der Waals surface area contributed by atoms with Gasteiger partial charge in [0.1, 0.15) is 0 Å². The van der Waals surface area contributed by atoms with E-state index in [-0.39, 0.29) is 5.91 Å². The quantitative estimate of drug-likeness (QED) is 0.682. The maximum absolute atomic E-state index is 11.9. The first-order valence-corrected chi connectivity index (χ1v) is 5.32. The molecule has 1 aliphatic heterocycles. The van der Waals surface area contributed by atoms with Crippen LogP contribution in [0.3, 0.4) is 0 Å². The molecule has 1 aromatic heterocycles. The zero-order valence-corrected chi connectivity index (χ0v) is 9.18. The van der Waals surface area contributed by atoms with Gasteiger partial charge in [-0.3, -0.25) is 9.48 Å². The van der Waals surface area contributed by atoms with Gasteiger partial charge in [0.2, 0.25) is 0 Å². The number of amides is 1. The molecule has 0 aliphatic carbocycles. The molecule has 5 heteroatoms. The first kappa shape index (κ1) is 10.1. The Hall–Kier alpha value is -1.39. The van der Waals surface area contributed by atoms with Gasteiger partial charge in [-0.15, -0.1) is 5.10 Å². The monoisotopic (exact) mass is 208 g/mol. The molecular weight excluding hydrogens is 192 g/mol. The Morgan fingerprint density at radius 2 is 2.13 bits per heavy atom. The Morgan fingerprint density at radius 1 is 1.47 bits per heavy atom. The fourth-order valence-electron chi connectivity index (χ4n) is 1.82. The summed E-state index contributed by atoms with van der Waals surface area (Å²) in [4.78, 5) is 13.8. The minimum Gasteiger partial charge on any atom is -0.337 e. The lowest BCUT2D eigenvalue weighted by Gasteiger charge is -2.29. The van der Waals surface area contributed by atoms with Gasteiger partial charge >= 0.3 is 0 Å². The molecule has 1 aromatic rings. The smallest absolute Gasteiger partial charge is 0.276 e. The van der Waals surface area contributed by atoms with Gasteiger partial charge in [0.15, 0.2) is 5.69 Å². The van der Waals surface area contributed by atoms with E-state index in [4.69, 9.17) is 0 Å². The van der Waals surface area contributed by atoms with Gasteiger partial charge in [-0.25, -0.2) is 0 Å². The summed E-state index contributed by atoms with van der Waals surface area (Å²) >= 11 is 0. The Balaban J connectivity index is 2.02. The van der Waals surface area contributed by atoms with Crippen molar-refractivity contribution in [1.29, 1.82) is 0 Å². The Bertz CT molecular complexity index is 352. The van der Waals surface area contributed by atoms with E-state index >= 15 is 0 Å². The number of piperidine rings is 1. The van der Waals surface area contributed by atoms with Gasteiger partial charge in [0.05, 0.1) is 6.20 Å². The van der Waals surface area contributed by atoms with Crippen LogP contribution in [-0.4, -0.2) is 38.9 Å². The molecule has 0 atom stereocenters. The number of hydrogen-bond donors (Lipinski definition) is 0. The van der Waals surface area contributed by atoms with Crippen LogP contribution in [0.4, 0.5) is 0 Å². The third-order valence-electron chi connectivity index (χ3n) is 2.89. The van der Waals surface area contributed by atoms with Crippen LogP contribution in [0.2, 0.25) is 0 Å². The summed E-state index contributed by atoms with van der Waals surface area (Å²) in [6.07, 6.45) is 3.85. The van der Waals surface area contributed by atoms with E-state index in [2.05, 4.69) is 17.2 Å². The second kappa shape index (κ2) is 4.00. The van der Waals surface area contributed by atoms with Crippen molar-refractivity contribution in [2.24, 2.45) is 13.0 Å². The van der Waals surface area contributed by atoms with Crippen LogP contribution < -0.4 is 0 Å². The maximum Gasteiger partial charge on any atom is 0.276 e. The van der Waals surface area contributed by atoms with Crippen LogP contribution in [0.25, 0.3) is 0 Å². The van der Waals surface area contributed by atoms with Crippen LogP contribution in [0.1, 0.15) is 30.3 Å². The minimum atomic E-state index is 0.00926. The largest absolute Gasteiger partial charge is 0.337 e. The van der Waals surface area contributed by atoms with E-state index in [1.54, 1.807) is 17.9 Å². The summed E-state index contributed by atoms with van der Waals surface area (Å²) < 4.78 is 1.56. The molecule has 0 saturated carbocycles. The van der Waals surface area contributed by atoms with Gasteiger partial charge in [0, 0.05) is 20.1 Å². The molecule has 1 fully saturated rings. The van der Waals surface area contributed by atoms with Gasteiger partial charge in [-0.05, 0) is 18.8 Å². The highest BCUT2D eigenvalue weighted by Gasteiger charge is 2.22. The third kappa shape index (κ3) is 2.16. The van der Waals surface area contributed by atoms with Crippen molar-refractivity contribution >= 4 is 5.91 Å². The average molecular weight is 208 g/mol. The molecule has 2 heterocycles. The molecule has 0 spiro atoms. The summed E-state index contributed by atoms with van der Waals surface area (Å²) in [5.74, 6) is 0.742. The van der Waals surface area contributed by atoms with Gasteiger partial charge in [-0.1, -0.05) is 12.1 Å². The molecule has 2 rings (SSSR count). The summed E-state index contributed by atoms with van der Waals surface area (Å²) in [5, 5.41) is 7.60. The van der Waals surface area contributed by atoms with Crippen molar-refractivity contribution in [2.75, 3.05) is 13.1 Å². The molecule has 0 radical (unpaired) electrons. The Morgan fingerprint density at radius 3 is 2.67 bits per heavy atom. The first-order valence-electron chi connectivity index (χ1n) is 5.32. The summed E-state index contributed by atoms with van der Waals surface area (Å²) in [6.45, 7) is 3.91. The van der Waals surface area contributed by atoms with Crippen molar-refractivity contribution in [3.8, 4) is 0 Å². The van der Waals surface area contributed by atoms with E-state index < -0.39 is 0 Å². The number of likely N-dealkylation sites (tertiary alicyclic amines) is 1. The second-order valence-corrected chi connectivity index (χ2v) is 4.25. The summed E-state index contributed by atoms with van der Waals surface area (Å²) in [5.41, 5.74) is 0.451. The molecule has 82 valence electrons. The fraction of sp³-hybridized carbons (Fsp3) is 0.700. The number of rotatable bonds is 1. The SMILES string of the molecule is CC1CCN(C(=O)c2cn(C)nn2)CC1. The van der Waals surface area contributed by atoms with Crippen molar-refractivity contribution in [3.63, 3.8) is 0 Å². The molecular formula is C10H16N4O. The highest BCUT2D eigenvalue weighted by atomic mass is 16.2. The fourth-order valence-corrected chi connectivity index (χ4v) is 1.82. The van der Waals surface area contributed by atoms with E-state index in [0.29, 0.717) is 5.69 Å². The molecule has 1 amide bonds. The first-order chi connectivity index (χ1) is 7.16. The Labute approximate surface area is 89.1 Å². The van der Waals surface area contributed by atoms with Crippen molar-refractivity contribution in [3.05, 3.63) is 11.9 Å². The molecule has 0 unspecified atom stereocenters. The van der Waals surface area contributed by atoms with Crippen molar-refractivity contribution in [1.82, 2.24) is 19.9 Å². The van der Waals surface area contributed by atoms with Crippen LogP contribution in [-0.2, 0) is 7.05 Å². The molecule has 15 heavy (non-hydrogen) atoms. The van der Waals surface area contributed by atoms with Crippen LogP contribution in [0, 0.1) is 5.92 Å². The predicted molar refractivity (Wildman–Crippen MR) is 55.3 cm³/mol. The standard InChI is InChI=1S/C10H16N4O/c1-8-3-5-14(6-4-8)10(15)9-7-13(2)12-11-9/h7-8H,3-6H2,1-2H3.